The van der Waals surface area contributed by atoms with E-state index in [9.17, 15) is 0 Å². The van der Waals surface area contributed by atoms with Gasteiger partial charge in [-0.3, -0.25) is 0 Å². The zero-order chi connectivity index (χ0) is 6.99. The van der Waals surface area contributed by atoms with Gasteiger partial charge in [0.1, 0.15) is 0 Å². The minimum Gasteiger partial charge on any atom is -0.106 e. The van der Waals surface area contributed by atoms with E-state index in [2.05, 4.69) is 26.2 Å². The summed E-state index contributed by atoms with van der Waals surface area (Å²) in [5.74, 6) is 0. The van der Waals surface area contributed by atoms with Crippen LogP contribution in [0.5, 0.6) is 0 Å². The summed E-state index contributed by atoms with van der Waals surface area (Å²) in [5.41, 5.74) is 0. The predicted molar refractivity (Wildman–Crippen MR) is 45.5 cm³/mol. The van der Waals surface area contributed by atoms with Crippen LogP contribution in [0.1, 0.15) is 0 Å². The fraction of sp³-hybridized carbons (Fsp3) is 0.667. The number of allylic oxidation sites excluding steroid dienone is 1. The van der Waals surface area contributed by atoms with Crippen LogP contribution in [0.3, 0.4) is 0 Å². The minimum absolute atomic E-state index is 0.120. The van der Waals surface area contributed by atoms with E-state index >= 15 is 0 Å². The predicted octanol–water partition coefficient (Wildman–Crippen LogP) is 1.86. The van der Waals surface area contributed by atoms with E-state index in [4.69, 9.17) is 0 Å². The fourth-order valence-electron chi connectivity index (χ4n) is 0. The average Bonchev–Trinajstić information content (AvgIpc) is 1.65. The van der Waals surface area contributed by atoms with Crippen LogP contribution in [0.4, 0.5) is 0 Å². The van der Waals surface area contributed by atoms with Gasteiger partial charge < -0.3 is 0 Å². The maximum absolute atomic E-state index is 3.49. The first-order chi connectivity index (χ1) is 3.65. The summed E-state index contributed by atoms with van der Waals surface area (Å²) in [6.07, 6.45) is 1.89. The molecule has 0 amide bonds. The van der Waals surface area contributed by atoms with Crippen molar-refractivity contribution in [3.8, 4) is 0 Å². The molecule has 0 unspecified atom stereocenters. The smallest absolute Gasteiger partial charge is 0.106 e. The molecule has 46 valence electrons. The van der Waals surface area contributed by atoms with Crippen LogP contribution >= 0.6 is 0 Å². The molecule has 2 radical (unpaired) electrons. The highest BCUT2D eigenvalue weighted by Crippen LogP contribution is 1.68. The van der Waals surface area contributed by atoms with Gasteiger partial charge in [0.25, 0.3) is 0 Å². The van der Waals surface area contributed by atoms with Crippen molar-refractivity contribution in [2.75, 3.05) is 0 Å². The SMILES string of the molecule is C=C[CH2][AlH].C[Si](C)C. The highest BCUT2D eigenvalue weighted by atomic mass is 28.3. The van der Waals surface area contributed by atoms with Gasteiger partial charge in [-0.25, -0.2) is 0 Å². The van der Waals surface area contributed by atoms with Crippen LogP contribution in [-0.4, -0.2) is 25.1 Å². The van der Waals surface area contributed by atoms with Crippen LogP contribution in [0.15, 0.2) is 12.7 Å². The van der Waals surface area contributed by atoms with Gasteiger partial charge >= 0.3 is 0 Å². The van der Waals surface area contributed by atoms with E-state index in [0.717, 1.165) is 5.28 Å². The number of hydrogen-bond acceptors (Lipinski definition) is 0. The van der Waals surface area contributed by atoms with Crippen molar-refractivity contribution < 1.29 is 0 Å². The summed E-state index contributed by atoms with van der Waals surface area (Å²) < 4.78 is 0. The molecule has 0 saturated heterocycles. The first-order valence-electron chi connectivity index (χ1n) is 2.82. The molecule has 0 aliphatic carbocycles. The summed E-state index contributed by atoms with van der Waals surface area (Å²) >= 11 is 1.90. The first-order valence-corrected chi connectivity index (χ1v) is 6.82. The maximum atomic E-state index is 3.49. The van der Waals surface area contributed by atoms with E-state index in [-0.39, 0.29) is 8.80 Å². The van der Waals surface area contributed by atoms with Crippen molar-refractivity contribution >= 4 is 25.1 Å². The lowest BCUT2D eigenvalue weighted by Gasteiger charge is -1.75. The Morgan fingerprint density at radius 2 is 1.62 bits per heavy atom. The molecule has 0 aromatic rings. The van der Waals surface area contributed by atoms with Crippen molar-refractivity contribution in [1.29, 1.82) is 0 Å². The Morgan fingerprint density at radius 1 is 1.50 bits per heavy atom. The van der Waals surface area contributed by atoms with E-state index in [1.807, 2.05) is 22.4 Å². The summed E-state index contributed by atoms with van der Waals surface area (Å²) in [7, 11) is 0.120. The monoisotopic (exact) mass is 142 g/mol. The molecule has 2 heteroatoms. The van der Waals surface area contributed by atoms with Crippen LogP contribution in [-0.2, 0) is 0 Å². The molecule has 0 aromatic heterocycles. The van der Waals surface area contributed by atoms with Crippen molar-refractivity contribution in [2.45, 2.75) is 24.9 Å². The van der Waals surface area contributed by atoms with Gasteiger partial charge in [0.15, 0.2) is 16.3 Å². The van der Waals surface area contributed by atoms with Gasteiger partial charge in [0.05, 0.1) is 0 Å². The third-order valence-corrected chi connectivity index (χ3v) is 0.612. The number of rotatable bonds is 1. The Morgan fingerprint density at radius 3 is 1.62 bits per heavy atom. The quantitative estimate of drug-likeness (QED) is 0.387. The Hall–Kier alpha value is 0.489. The molecule has 0 aliphatic heterocycles. The Bertz CT molecular complexity index is 41.0. The molecule has 0 bridgehead atoms. The summed E-state index contributed by atoms with van der Waals surface area (Å²) in [5, 5.41) is 1.11. The minimum atomic E-state index is 0.120. The zero-order valence-electron chi connectivity index (χ0n) is 6.20. The van der Waals surface area contributed by atoms with Crippen molar-refractivity contribution in [3.05, 3.63) is 12.7 Å². The summed E-state index contributed by atoms with van der Waals surface area (Å²) in [6, 6.07) is 0. The molecule has 0 aliphatic rings. The van der Waals surface area contributed by atoms with Crippen LogP contribution in [0.2, 0.25) is 24.9 Å². The van der Waals surface area contributed by atoms with E-state index in [1.54, 1.807) is 0 Å². The molecule has 0 rings (SSSR count). The lowest BCUT2D eigenvalue weighted by Crippen LogP contribution is -1.84. The van der Waals surface area contributed by atoms with Crippen molar-refractivity contribution in [2.24, 2.45) is 0 Å². The Labute approximate surface area is 63.0 Å². The fourth-order valence-corrected chi connectivity index (χ4v) is 0. The molecule has 0 spiro atoms. The molecule has 0 atom stereocenters. The Balaban J connectivity index is 0. The van der Waals surface area contributed by atoms with Gasteiger partial charge in [0, 0.05) is 8.80 Å². The molecule has 8 heavy (non-hydrogen) atoms. The van der Waals surface area contributed by atoms with Crippen molar-refractivity contribution in [1.82, 2.24) is 0 Å². The largest absolute Gasteiger partial charge is 0.179 e. The normalized spacial score (nSPS) is 7.50. The lowest BCUT2D eigenvalue weighted by atomic mass is 10.8. The average molecular weight is 142 g/mol. The molecule has 0 nitrogen and oxygen atoms in total. The first kappa shape index (κ1) is 11.3. The van der Waals surface area contributed by atoms with Gasteiger partial charge in [-0.15, -0.1) is 12.7 Å². The van der Waals surface area contributed by atoms with E-state index in [1.165, 1.54) is 0 Å². The van der Waals surface area contributed by atoms with Gasteiger partial charge in [-0.1, -0.05) is 24.9 Å². The highest BCUT2D eigenvalue weighted by molar-refractivity contribution is 6.54. The zero-order valence-corrected chi connectivity index (χ0v) is 8.61. The topological polar surface area (TPSA) is 0 Å². The summed E-state index contributed by atoms with van der Waals surface area (Å²) in [6.45, 7) is 10.3. The standard InChI is InChI=1S/C3H9Si.C3H5.Al.H/c1-4(2)3;1-3-2;;/h1-3H3;3H,1-2H2;;. The molecule has 0 aromatic carbocycles. The summed E-state index contributed by atoms with van der Waals surface area (Å²) in [4.78, 5) is 0. The molecule has 0 saturated carbocycles. The van der Waals surface area contributed by atoms with Gasteiger partial charge in [-0.2, -0.15) is 0 Å². The highest BCUT2D eigenvalue weighted by Gasteiger charge is 1.72. The maximum Gasteiger partial charge on any atom is 0.179 e. The van der Waals surface area contributed by atoms with E-state index < -0.39 is 0 Å². The second kappa shape index (κ2) is 10.5. The molecular weight excluding hydrogens is 127 g/mol. The third-order valence-electron chi connectivity index (χ3n) is 0.204. The Kier molecular flexibility index (Phi) is 14.8. The molecule has 0 N–H and O–H groups in total. The number of hydrogen-bond donors (Lipinski definition) is 0. The lowest BCUT2D eigenvalue weighted by molar-refractivity contribution is 1.76. The van der Waals surface area contributed by atoms with Crippen molar-refractivity contribution in [3.63, 3.8) is 0 Å². The van der Waals surface area contributed by atoms with Crippen LogP contribution < -0.4 is 0 Å². The second-order valence-corrected chi connectivity index (χ2v) is 5.65. The van der Waals surface area contributed by atoms with Crippen LogP contribution in [0, 0.1) is 0 Å². The third kappa shape index (κ3) is 88.2. The second-order valence-electron chi connectivity index (χ2n) is 2.08. The molecule has 0 heterocycles. The molecule has 0 fully saturated rings. The van der Waals surface area contributed by atoms with E-state index in [0.29, 0.717) is 0 Å². The van der Waals surface area contributed by atoms with Gasteiger partial charge in [-0.05, 0) is 0 Å². The molecular formula is C6H15AlSi. The van der Waals surface area contributed by atoms with Crippen LogP contribution in [0.25, 0.3) is 0 Å². The van der Waals surface area contributed by atoms with Gasteiger partial charge in [0.2, 0.25) is 0 Å².